The third-order valence-electron chi connectivity index (χ3n) is 5.39. The summed E-state index contributed by atoms with van der Waals surface area (Å²) in [4.78, 5) is 14.5. The standard InChI is InChI=1S/C18H26N2O5S2/c1-26(22,23)16-9-13-19(14-10-16)18(21)15-5-7-17(8-6-15)27(24,25)20-11-3-2-4-12-20/h5-8,16H,2-4,9-14H2,1H3. The van der Waals surface area contributed by atoms with E-state index in [9.17, 15) is 21.6 Å². The summed E-state index contributed by atoms with van der Waals surface area (Å²) in [5, 5.41) is -0.390. The fourth-order valence-electron chi connectivity index (χ4n) is 3.69. The van der Waals surface area contributed by atoms with Crippen LogP contribution in [0.2, 0.25) is 0 Å². The number of nitrogens with zero attached hydrogens (tertiary/aromatic N) is 2. The molecule has 2 heterocycles. The van der Waals surface area contributed by atoms with Crippen LogP contribution >= 0.6 is 0 Å². The Labute approximate surface area is 161 Å². The van der Waals surface area contributed by atoms with Gasteiger partial charge in [0.15, 0.2) is 0 Å². The van der Waals surface area contributed by atoms with Gasteiger partial charge in [0, 0.05) is 38.0 Å². The van der Waals surface area contributed by atoms with E-state index >= 15 is 0 Å². The maximum Gasteiger partial charge on any atom is 0.253 e. The highest BCUT2D eigenvalue weighted by Gasteiger charge is 2.30. The lowest BCUT2D eigenvalue weighted by Crippen LogP contribution is -2.42. The molecule has 2 aliphatic heterocycles. The van der Waals surface area contributed by atoms with Crippen LogP contribution < -0.4 is 0 Å². The van der Waals surface area contributed by atoms with Gasteiger partial charge in [-0.3, -0.25) is 4.79 Å². The molecule has 1 amide bonds. The van der Waals surface area contributed by atoms with E-state index in [1.165, 1.54) is 22.7 Å². The molecule has 0 unspecified atom stereocenters. The SMILES string of the molecule is CS(=O)(=O)C1CCN(C(=O)c2ccc(S(=O)(=O)N3CCCCC3)cc2)CC1. The number of rotatable bonds is 4. The molecule has 1 aromatic carbocycles. The van der Waals surface area contributed by atoms with Crippen molar-refractivity contribution in [3.05, 3.63) is 29.8 Å². The highest BCUT2D eigenvalue weighted by atomic mass is 32.2. The second kappa shape index (κ2) is 7.89. The zero-order valence-electron chi connectivity index (χ0n) is 15.5. The van der Waals surface area contributed by atoms with Crippen molar-refractivity contribution in [2.24, 2.45) is 0 Å². The molecule has 0 radical (unpaired) electrons. The maximum atomic E-state index is 12.7. The molecule has 0 aromatic heterocycles. The largest absolute Gasteiger partial charge is 0.339 e. The summed E-state index contributed by atoms with van der Waals surface area (Å²) in [7, 11) is -6.59. The molecule has 0 bridgehead atoms. The van der Waals surface area contributed by atoms with Gasteiger partial charge in [0.05, 0.1) is 10.1 Å². The highest BCUT2D eigenvalue weighted by Crippen LogP contribution is 2.22. The quantitative estimate of drug-likeness (QED) is 0.745. The summed E-state index contributed by atoms with van der Waals surface area (Å²) in [6.45, 7) is 1.87. The number of sulfonamides is 1. The van der Waals surface area contributed by atoms with Crippen LogP contribution in [0.3, 0.4) is 0 Å². The number of carbonyl (C=O) groups excluding carboxylic acids is 1. The van der Waals surface area contributed by atoms with Gasteiger partial charge in [0.1, 0.15) is 9.84 Å². The van der Waals surface area contributed by atoms with Crippen molar-refractivity contribution in [2.75, 3.05) is 32.4 Å². The zero-order chi connectivity index (χ0) is 19.7. The minimum Gasteiger partial charge on any atom is -0.339 e. The predicted octanol–water partition coefficient (Wildman–Crippen LogP) is 1.51. The van der Waals surface area contributed by atoms with Crippen LogP contribution in [0, 0.1) is 0 Å². The first-order chi connectivity index (χ1) is 12.7. The molecule has 1 aromatic rings. The predicted molar refractivity (Wildman–Crippen MR) is 103 cm³/mol. The first-order valence-electron chi connectivity index (χ1n) is 9.28. The third-order valence-corrected chi connectivity index (χ3v) is 8.98. The molecule has 0 N–H and O–H groups in total. The van der Waals surface area contributed by atoms with Gasteiger partial charge in [0.2, 0.25) is 10.0 Å². The van der Waals surface area contributed by atoms with E-state index in [4.69, 9.17) is 0 Å². The number of carbonyl (C=O) groups is 1. The second-order valence-electron chi connectivity index (χ2n) is 7.31. The number of likely N-dealkylation sites (tertiary alicyclic amines) is 1. The molecule has 2 aliphatic rings. The number of hydrogen-bond donors (Lipinski definition) is 0. The lowest BCUT2D eigenvalue weighted by atomic mass is 10.1. The smallest absolute Gasteiger partial charge is 0.253 e. The molecular weight excluding hydrogens is 388 g/mol. The monoisotopic (exact) mass is 414 g/mol. The zero-order valence-corrected chi connectivity index (χ0v) is 17.1. The van der Waals surface area contributed by atoms with Crippen molar-refractivity contribution in [2.45, 2.75) is 42.2 Å². The molecule has 2 fully saturated rings. The molecule has 2 saturated heterocycles. The van der Waals surface area contributed by atoms with Gasteiger partial charge in [-0.1, -0.05) is 6.42 Å². The van der Waals surface area contributed by atoms with E-state index in [0.29, 0.717) is 44.6 Å². The molecule has 9 heteroatoms. The molecular formula is C18H26N2O5S2. The van der Waals surface area contributed by atoms with Crippen molar-refractivity contribution >= 4 is 25.8 Å². The average Bonchev–Trinajstić information content (AvgIpc) is 2.67. The molecule has 0 spiro atoms. The summed E-state index contributed by atoms with van der Waals surface area (Å²) < 4.78 is 50.1. The third kappa shape index (κ3) is 4.52. The first kappa shape index (κ1) is 20.3. The first-order valence-corrected chi connectivity index (χ1v) is 12.7. The normalized spacial score (nSPS) is 20.6. The van der Waals surface area contributed by atoms with E-state index in [-0.39, 0.29) is 10.8 Å². The minimum atomic E-state index is -3.51. The van der Waals surface area contributed by atoms with Crippen molar-refractivity contribution in [1.82, 2.24) is 9.21 Å². The van der Waals surface area contributed by atoms with Gasteiger partial charge in [-0.25, -0.2) is 16.8 Å². The Balaban J connectivity index is 1.67. The fraction of sp³-hybridized carbons (Fsp3) is 0.611. The van der Waals surface area contributed by atoms with Crippen molar-refractivity contribution in [1.29, 1.82) is 0 Å². The lowest BCUT2D eigenvalue weighted by Gasteiger charge is -2.31. The fourth-order valence-corrected chi connectivity index (χ4v) is 6.28. The van der Waals surface area contributed by atoms with Crippen LogP contribution in [0.5, 0.6) is 0 Å². The topological polar surface area (TPSA) is 91.8 Å². The summed E-state index contributed by atoms with van der Waals surface area (Å²) in [6.07, 6.45) is 4.91. The van der Waals surface area contributed by atoms with Crippen molar-refractivity contribution < 1.29 is 21.6 Å². The Bertz CT molecular complexity index is 880. The van der Waals surface area contributed by atoms with Gasteiger partial charge in [-0.15, -0.1) is 0 Å². The minimum absolute atomic E-state index is 0.191. The Hall–Kier alpha value is -1.45. The van der Waals surface area contributed by atoms with Crippen LogP contribution in [0.4, 0.5) is 0 Å². The van der Waals surface area contributed by atoms with E-state index in [1.54, 1.807) is 17.0 Å². The van der Waals surface area contributed by atoms with E-state index in [1.807, 2.05) is 0 Å². The van der Waals surface area contributed by atoms with Crippen LogP contribution in [0.1, 0.15) is 42.5 Å². The molecule has 7 nitrogen and oxygen atoms in total. The molecule has 0 atom stereocenters. The molecule has 150 valence electrons. The summed E-state index contributed by atoms with van der Waals surface area (Å²) in [5.74, 6) is -0.191. The summed E-state index contributed by atoms with van der Waals surface area (Å²) >= 11 is 0. The maximum absolute atomic E-state index is 12.7. The van der Waals surface area contributed by atoms with Crippen LogP contribution in [-0.2, 0) is 19.9 Å². The number of sulfone groups is 1. The van der Waals surface area contributed by atoms with Gasteiger partial charge < -0.3 is 4.90 Å². The van der Waals surface area contributed by atoms with E-state index in [2.05, 4.69) is 0 Å². The number of benzene rings is 1. The lowest BCUT2D eigenvalue weighted by molar-refractivity contribution is 0.0725. The molecule has 3 rings (SSSR count). The van der Waals surface area contributed by atoms with Crippen LogP contribution in [0.15, 0.2) is 29.2 Å². The average molecular weight is 415 g/mol. The van der Waals surface area contributed by atoms with Gasteiger partial charge in [-0.05, 0) is 49.9 Å². The van der Waals surface area contributed by atoms with Crippen molar-refractivity contribution in [3.63, 3.8) is 0 Å². The summed E-state index contributed by atoms with van der Waals surface area (Å²) in [6, 6.07) is 6.06. The van der Waals surface area contributed by atoms with Crippen molar-refractivity contribution in [3.8, 4) is 0 Å². The van der Waals surface area contributed by atoms with Gasteiger partial charge in [0.25, 0.3) is 5.91 Å². The van der Waals surface area contributed by atoms with Gasteiger partial charge >= 0.3 is 0 Å². The number of piperidine rings is 2. The van der Waals surface area contributed by atoms with E-state index < -0.39 is 25.1 Å². The van der Waals surface area contributed by atoms with E-state index in [0.717, 1.165) is 19.3 Å². The Kier molecular flexibility index (Phi) is 5.93. The Morgan fingerprint density at radius 2 is 1.44 bits per heavy atom. The Morgan fingerprint density at radius 3 is 1.96 bits per heavy atom. The molecule has 0 saturated carbocycles. The molecule has 27 heavy (non-hydrogen) atoms. The molecule has 0 aliphatic carbocycles. The van der Waals surface area contributed by atoms with Crippen LogP contribution in [0.25, 0.3) is 0 Å². The summed E-state index contributed by atoms with van der Waals surface area (Å²) in [5.41, 5.74) is 0.422. The number of amides is 1. The second-order valence-corrected chi connectivity index (χ2v) is 11.6. The Morgan fingerprint density at radius 1 is 0.889 bits per heavy atom. The van der Waals surface area contributed by atoms with Gasteiger partial charge in [-0.2, -0.15) is 4.31 Å². The number of hydrogen-bond acceptors (Lipinski definition) is 5. The highest BCUT2D eigenvalue weighted by molar-refractivity contribution is 7.91. The van der Waals surface area contributed by atoms with Crippen LogP contribution in [-0.4, -0.2) is 69.6 Å².